The zero-order valence-corrected chi connectivity index (χ0v) is 17.2. The van der Waals surface area contributed by atoms with E-state index >= 15 is 0 Å². The van der Waals surface area contributed by atoms with Crippen molar-refractivity contribution in [2.24, 2.45) is 0 Å². The van der Waals surface area contributed by atoms with Crippen molar-refractivity contribution in [1.29, 1.82) is 0 Å². The van der Waals surface area contributed by atoms with Gasteiger partial charge in [-0.1, -0.05) is 50.1 Å². The summed E-state index contributed by atoms with van der Waals surface area (Å²) in [5.41, 5.74) is 2.08. The monoisotopic (exact) mass is 414 g/mol. The Labute approximate surface area is 175 Å². The van der Waals surface area contributed by atoms with Gasteiger partial charge in [-0.2, -0.15) is 0 Å². The Kier molecular flexibility index (Phi) is 7.39. The van der Waals surface area contributed by atoms with Crippen molar-refractivity contribution in [3.63, 3.8) is 0 Å². The van der Waals surface area contributed by atoms with Crippen LogP contribution < -0.4 is 9.47 Å². The van der Waals surface area contributed by atoms with E-state index in [-0.39, 0.29) is 17.9 Å². The van der Waals surface area contributed by atoms with Crippen molar-refractivity contribution in [1.82, 2.24) is 0 Å². The van der Waals surface area contributed by atoms with Crippen molar-refractivity contribution in [2.75, 3.05) is 7.11 Å². The zero-order valence-electron chi connectivity index (χ0n) is 17.2. The van der Waals surface area contributed by atoms with Crippen LogP contribution in [-0.2, 0) is 13.0 Å². The van der Waals surface area contributed by atoms with Crippen molar-refractivity contribution < 1.29 is 22.6 Å². The van der Waals surface area contributed by atoms with Gasteiger partial charge in [-0.05, 0) is 53.8 Å². The van der Waals surface area contributed by atoms with Gasteiger partial charge in [0.05, 0.1) is 7.11 Å². The second kappa shape index (κ2) is 10.2. The van der Waals surface area contributed by atoms with Gasteiger partial charge in [0.2, 0.25) is 0 Å². The number of aryl methyl sites for hydroxylation is 1. The molecule has 0 saturated heterocycles. The summed E-state index contributed by atoms with van der Waals surface area (Å²) in [6, 6.07) is 14.9. The molecule has 0 radical (unpaired) electrons. The molecule has 0 unspecified atom stereocenters. The Morgan fingerprint density at radius 1 is 0.767 bits per heavy atom. The summed E-state index contributed by atoms with van der Waals surface area (Å²) in [5.74, 6) is -1.38. The highest BCUT2D eigenvalue weighted by atomic mass is 19.2. The highest BCUT2D eigenvalue weighted by Crippen LogP contribution is 2.27. The lowest BCUT2D eigenvalue weighted by atomic mass is 10.0. The lowest BCUT2D eigenvalue weighted by Gasteiger charge is -2.11. The Morgan fingerprint density at radius 3 is 2.10 bits per heavy atom. The summed E-state index contributed by atoms with van der Waals surface area (Å²) in [6.07, 6.45) is 3.39. The maximum absolute atomic E-state index is 14.4. The molecule has 0 spiro atoms. The molecule has 0 heterocycles. The predicted octanol–water partition coefficient (Wildman–Crippen LogP) is 7.09. The second-order valence-corrected chi connectivity index (χ2v) is 7.13. The SMILES string of the molecule is CCCCCc1ccc(COc2ccc(-c3ccc(OC)c(F)c3)cc2)c(F)c1F. The van der Waals surface area contributed by atoms with Gasteiger partial charge in [0.25, 0.3) is 0 Å². The minimum atomic E-state index is -0.852. The molecule has 0 atom stereocenters. The number of rotatable bonds is 9. The van der Waals surface area contributed by atoms with Crippen molar-refractivity contribution >= 4 is 0 Å². The number of methoxy groups -OCH3 is 1. The van der Waals surface area contributed by atoms with Gasteiger partial charge < -0.3 is 9.47 Å². The number of halogens is 3. The maximum atomic E-state index is 14.4. The summed E-state index contributed by atoms with van der Waals surface area (Å²) in [7, 11) is 1.42. The summed E-state index contributed by atoms with van der Waals surface area (Å²) >= 11 is 0. The smallest absolute Gasteiger partial charge is 0.165 e. The van der Waals surface area contributed by atoms with Gasteiger partial charge in [-0.3, -0.25) is 0 Å². The molecule has 30 heavy (non-hydrogen) atoms. The Bertz CT molecular complexity index is 984. The molecule has 0 aliphatic carbocycles. The van der Waals surface area contributed by atoms with E-state index in [0.717, 1.165) is 24.8 Å². The van der Waals surface area contributed by atoms with Crippen LogP contribution in [0.15, 0.2) is 54.6 Å². The first-order valence-corrected chi connectivity index (χ1v) is 10.1. The number of hydrogen-bond donors (Lipinski definition) is 0. The van der Waals surface area contributed by atoms with Crippen LogP contribution in [0.5, 0.6) is 11.5 Å². The fourth-order valence-electron chi connectivity index (χ4n) is 3.25. The van der Waals surface area contributed by atoms with Gasteiger partial charge in [0, 0.05) is 5.56 Å². The molecule has 3 aromatic rings. The van der Waals surface area contributed by atoms with Crippen LogP contribution in [0.1, 0.15) is 37.3 Å². The number of benzene rings is 3. The normalized spacial score (nSPS) is 10.8. The first-order chi connectivity index (χ1) is 14.5. The third kappa shape index (κ3) is 5.15. The molecule has 0 amide bonds. The van der Waals surface area contributed by atoms with Gasteiger partial charge in [0.15, 0.2) is 23.2 Å². The van der Waals surface area contributed by atoms with E-state index in [2.05, 4.69) is 6.92 Å². The average molecular weight is 414 g/mol. The van der Waals surface area contributed by atoms with Crippen LogP contribution in [0.3, 0.4) is 0 Å². The molecule has 158 valence electrons. The number of hydrogen-bond acceptors (Lipinski definition) is 2. The fourth-order valence-corrected chi connectivity index (χ4v) is 3.25. The Hall–Kier alpha value is -2.95. The van der Waals surface area contributed by atoms with Crippen LogP contribution >= 0.6 is 0 Å². The summed E-state index contributed by atoms with van der Waals surface area (Å²) < 4.78 is 53.1. The lowest BCUT2D eigenvalue weighted by molar-refractivity contribution is 0.297. The molecule has 2 nitrogen and oxygen atoms in total. The summed E-state index contributed by atoms with van der Waals surface area (Å²) in [4.78, 5) is 0. The first kappa shape index (κ1) is 21.8. The number of ether oxygens (including phenoxy) is 2. The maximum Gasteiger partial charge on any atom is 0.165 e. The average Bonchev–Trinajstić information content (AvgIpc) is 2.76. The third-order valence-electron chi connectivity index (χ3n) is 5.03. The van der Waals surface area contributed by atoms with Gasteiger partial charge in [0.1, 0.15) is 12.4 Å². The molecule has 0 N–H and O–H groups in total. The van der Waals surface area contributed by atoms with E-state index in [4.69, 9.17) is 9.47 Å². The van der Waals surface area contributed by atoms with Crippen molar-refractivity contribution in [3.8, 4) is 22.6 Å². The fraction of sp³-hybridized carbons (Fsp3) is 0.280. The van der Waals surface area contributed by atoms with Crippen LogP contribution in [0, 0.1) is 17.5 Å². The lowest BCUT2D eigenvalue weighted by Crippen LogP contribution is -2.03. The van der Waals surface area contributed by atoms with Crippen LogP contribution in [-0.4, -0.2) is 7.11 Å². The standard InChI is InChI=1S/C25H25F3O2/c1-3-4-5-6-18-7-8-20(25(28)24(18)27)16-30-21-12-9-17(10-13-21)19-11-14-23(29-2)22(26)15-19/h7-15H,3-6,16H2,1-2H3. The Morgan fingerprint density at radius 2 is 1.43 bits per heavy atom. The van der Waals surface area contributed by atoms with E-state index in [9.17, 15) is 13.2 Å². The molecule has 0 bridgehead atoms. The zero-order chi connectivity index (χ0) is 21.5. The minimum Gasteiger partial charge on any atom is -0.494 e. The Balaban J connectivity index is 1.65. The molecular formula is C25H25F3O2. The summed E-state index contributed by atoms with van der Waals surface area (Å²) in [5, 5.41) is 0. The first-order valence-electron chi connectivity index (χ1n) is 10.1. The molecule has 0 aliphatic rings. The van der Waals surface area contributed by atoms with Crippen LogP contribution in [0.2, 0.25) is 0 Å². The largest absolute Gasteiger partial charge is 0.494 e. The van der Waals surface area contributed by atoms with E-state index in [1.54, 1.807) is 48.5 Å². The molecule has 0 saturated carbocycles. The van der Waals surface area contributed by atoms with Crippen molar-refractivity contribution in [3.05, 3.63) is 83.2 Å². The molecule has 0 aliphatic heterocycles. The topological polar surface area (TPSA) is 18.5 Å². The van der Waals surface area contributed by atoms with E-state index in [1.807, 2.05) is 0 Å². The highest BCUT2D eigenvalue weighted by molar-refractivity contribution is 5.65. The van der Waals surface area contributed by atoms with E-state index in [0.29, 0.717) is 23.3 Å². The predicted molar refractivity (Wildman–Crippen MR) is 112 cm³/mol. The molecule has 0 aromatic heterocycles. The molecule has 5 heteroatoms. The second-order valence-electron chi connectivity index (χ2n) is 7.13. The summed E-state index contributed by atoms with van der Waals surface area (Å²) in [6.45, 7) is 1.99. The highest BCUT2D eigenvalue weighted by Gasteiger charge is 2.14. The van der Waals surface area contributed by atoms with Gasteiger partial charge in [-0.25, -0.2) is 13.2 Å². The van der Waals surface area contributed by atoms with Crippen LogP contribution in [0.25, 0.3) is 11.1 Å². The molecule has 0 fully saturated rings. The van der Waals surface area contributed by atoms with E-state index in [1.165, 1.54) is 13.2 Å². The molecule has 3 aromatic carbocycles. The minimum absolute atomic E-state index is 0.0749. The molecule has 3 rings (SSSR count). The van der Waals surface area contributed by atoms with E-state index < -0.39 is 17.5 Å². The van der Waals surface area contributed by atoms with Gasteiger partial charge in [-0.15, -0.1) is 0 Å². The third-order valence-corrected chi connectivity index (χ3v) is 5.03. The molecular weight excluding hydrogens is 389 g/mol. The number of unbranched alkanes of at least 4 members (excludes halogenated alkanes) is 2. The van der Waals surface area contributed by atoms with Gasteiger partial charge >= 0.3 is 0 Å². The van der Waals surface area contributed by atoms with Crippen LogP contribution in [0.4, 0.5) is 13.2 Å². The van der Waals surface area contributed by atoms with Crippen molar-refractivity contribution in [2.45, 2.75) is 39.2 Å². The quantitative estimate of drug-likeness (QED) is 0.348.